The van der Waals surface area contributed by atoms with Gasteiger partial charge in [-0.05, 0) is 55.9 Å². The SMILES string of the molecule is CCNC(=NCCCCSC)NCCc1ccc2c(c1)OCO2.I. The molecular weight excluding hydrogens is 437 g/mol. The summed E-state index contributed by atoms with van der Waals surface area (Å²) in [5, 5.41) is 6.68. The first-order valence-electron chi connectivity index (χ1n) is 8.23. The first kappa shape index (κ1) is 21.2. The Labute approximate surface area is 166 Å². The van der Waals surface area contributed by atoms with Crippen molar-refractivity contribution >= 4 is 41.7 Å². The van der Waals surface area contributed by atoms with E-state index in [1.807, 2.05) is 17.8 Å². The van der Waals surface area contributed by atoms with Gasteiger partial charge in [0.25, 0.3) is 0 Å². The number of hydrogen-bond donors (Lipinski definition) is 2. The molecule has 0 radical (unpaired) electrons. The van der Waals surface area contributed by atoms with E-state index in [0.29, 0.717) is 6.79 Å². The van der Waals surface area contributed by atoms with Gasteiger partial charge in [-0.3, -0.25) is 4.99 Å². The van der Waals surface area contributed by atoms with Crippen molar-refractivity contribution in [1.82, 2.24) is 10.6 Å². The number of halogens is 1. The molecule has 1 heterocycles. The number of hydrogen-bond acceptors (Lipinski definition) is 4. The summed E-state index contributed by atoms with van der Waals surface area (Å²) in [6, 6.07) is 6.11. The fourth-order valence-electron chi connectivity index (χ4n) is 2.31. The Morgan fingerprint density at radius 2 is 2.04 bits per heavy atom. The molecule has 1 aromatic carbocycles. The second kappa shape index (κ2) is 12.5. The van der Waals surface area contributed by atoms with E-state index >= 15 is 0 Å². The van der Waals surface area contributed by atoms with Crippen LogP contribution in [0.5, 0.6) is 11.5 Å². The van der Waals surface area contributed by atoms with E-state index in [4.69, 9.17) is 9.47 Å². The normalized spacial score (nSPS) is 12.7. The van der Waals surface area contributed by atoms with Crippen LogP contribution in [-0.2, 0) is 6.42 Å². The third kappa shape index (κ3) is 7.38. The Hall–Kier alpha value is -0.830. The molecule has 0 saturated carbocycles. The number of benzene rings is 1. The van der Waals surface area contributed by atoms with Crippen molar-refractivity contribution in [2.75, 3.05) is 38.4 Å². The molecule has 0 saturated heterocycles. The molecule has 24 heavy (non-hydrogen) atoms. The molecule has 0 aliphatic carbocycles. The smallest absolute Gasteiger partial charge is 0.231 e. The van der Waals surface area contributed by atoms with Crippen LogP contribution in [0.2, 0.25) is 0 Å². The first-order chi connectivity index (χ1) is 11.3. The monoisotopic (exact) mass is 465 g/mol. The lowest BCUT2D eigenvalue weighted by atomic mass is 10.1. The maximum Gasteiger partial charge on any atom is 0.231 e. The average molecular weight is 465 g/mol. The van der Waals surface area contributed by atoms with Crippen LogP contribution >= 0.6 is 35.7 Å². The van der Waals surface area contributed by atoms with E-state index in [2.05, 4.69) is 40.9 Å². The molecule has 1 aliphatic rings. The van der Waals surface area contributed by atoms with Gasteiger partial charge >= 0.3 is 0 Å². The van der Waals surface area contributed by atoms with Crippen molar-refractivity contribution in [3.05, 3.63) is 23.8 Å². The zero-order valence-electron chi connectivity index (χ0n) is 14.5. The third-order valence-electron chi connectivity index (χ3n) is 3.51. The number of unbranched alkanes of at least 4 members (excludes halogenated alkanes) is 1. The van der Waals surface area contributed by atoms with Gasteiger partial charge in [-0.15, -0.1) is 24.0 Å². The summed E-state index contributed by atoms with van der Waals surface area (Å²) >= 11 is 1.89. The maximum atomic E-state index is 5.41. The van der Waals surface area contributed by atoms with Gasteiger partial charge in [-0.25, -0.2) is 0 Å². The number of aliphatic imine (C=N–C) groups is 1. The lowest BCUT2D eigenvalue weighted by Gasteiger charge is -2.11. The Bertz CT molecular complexity index is 515. The van der Waals surface area contributed by atoms with Crippen molar-refractivity contribution in [2.45, 2.75) is 26.2 Å². The summed E-state index contributed by atoms with van der Waals surface area (Å²) < 4.78 is 10.7. The van der Waals surface area contributed by atoms with Crippen LogP contribution in [0, 0.1) is 0 Å². The number of nitrogens with one attached hydrogen (secondary N) is 2. The summed E-state index contributed by atoms with van der Waals surface area (Å²) in [6.07, 6.45) is 5.43. The summed E-state index contributed by atoms with van der Waals surface area (Å²) in [7, 11) is 0. The fourth-order valence-corrected chi connectivity index (χ4v) is 2.81. The van der Waals surface area contributed by atoms with E-state index < -0.39 is 0 Å². The van der Waals surface area contributed by atoms with Gasteiger partial charge < -0.3 is 20.1 Å². The van der Waals surface area contributed by atoms with E-state index in [1.54, 1.807) is 0 Å². The molecule has 2 N–H and O–H groups in total. The largest absolute Gasteiger partial charge is 0.454 e. The number of nitrogens with zero attached hydrogens (tertiary/aromatic N) is 1. The van der Waals surface area contributed by atoms with Gasteiger partial charge in [0.15, 0.2) is 17.5 Å². The van der Waals surface area contributed by atoms with E-state index in [9.17, 15) is 0 Å². The Morgan fingerprint density at radius 1 is 1.21 bits per heavy atom. The van der Waals surface area contributed by atoms with Gasteiger partial charge in [0.05, 0.1) is 0 Å². The zero-order chi connectivity index (χ0) is 16.3. The predicted octanol–water partition coefficient (Wildman–Crippen LogP) is 3.27. The molecule has 1 aliphatic heterocycles. The van der Waals surface area contributed by atoms with Crippen LogP contribution in [0.3, 0.4) is 0 Å². The van der Waals surface area contributed by atoms with Gasteiger partial charge in [-0.1, -0.05) is 6.07 Å². The quantitative estimate of drug-likeness (QED) is 0.254. The minimum absolute atomic E-state index is 0. The minimum atomic E-state index is 0. The molecule has 0 amide bonds. The molecule has 0 atom stereocenters. The van der Waals surface area contributed by atoms with Crippen LogP contribution in [0.4, 0.5) is 0 Å². The summed E-state index contributed by atoms with van der Waals surface area (Å²) in [5.41, 5.74) is 1.23. The number of guanidine groups is 1. The molecule has 0 spiro atoms. The zero-order valence-corrected chi connectivity index (χ0v) is 17.6. The molecule has 2 rings (SSSR count). The molecule has 7 heteroatoms. The van der Waals surface area contributed by atoms with Gasteiger partial charge in [0.1, 0.15) is 0 Å². The molecular formula is C17H28IN3O2S. The van der Waals surface area contributed by atoms with E-state index in [0.717, 1.165) is 49.9 Å². The number of thioether (sulfide) groups is 1. The van der Waals surface area contributed by atoms with Crippen LogP contribution in [0.15, 0.2) is 23.2 Å². The molecule has 0 aromatic heterocycles. The van der Waals surface area contributed by atoms with E-state index in [-0.39, 0.29) is 24.0 Å². The second-order valence-corrected chi connectivity index (χ2v) is 6.31. The predicted molar refractivity (Wildman–Crippen MR) is 113 cm³/mol. The minimum Gasteiger partial charge on any atom is -0.454 e. The Morgan fingerprint density at radius 3 is 2.83 bits per heavy atom. The summed E-state index contributed by atoms with van der Waals surface area (Å²) in [4.78, 5) is 4.61. The molecule has 5 nitrogen and oxygen atoms in total. The Balaban J connectivity index is 0.00000288. The number of fused-ring (bicyclic) bond motifs is 1. The lowest BCUT2D eigenvalue weighted by molar-refractivity contribution is 0.174. The molecule has 136 valence electrons. The van der Waals surface area contributed by atoms with Crippen LogP contribution in [0.25, 0.3) is 0 Å². The van der Waals surface area contributed by atoms with Crippen molar-refractivity contribution in [3.63, 3.8) is 0 Å². The third-order valence-corrected chi connectivity index (χ3v) is 4.21. The highest BCUT2D eigenvalue weighted by molar-refractivity contribution is 14.0. The second-order valence-electron chi connectivity index (χ2n) is 5.32. The molecule has 0 unspecified atom stereocenters. The van der Waals surface area contributed by atoms with Crippen LogP contribution in [0.1, 0.15) is 25.3 Å². The average Bonchev–Trinajstić information content (AvgIpc) is 3.02. The van der Waals surface area contributed by atoms with Crippen molar-refractivity contribution < 1.29 is 9.47 Å². The maximum absolute atomic E-state index is 5.41. The van der Waals surface area contributed by atoms with Gasteiger partial charge in [0, 0.05) is 19.6 Å². The topological polar surface area (TPSA) is 54.9 Å². The molecule has 0 bridgehead atoms. The number of rotatable bonds is 9. The van der Waals surface area contributed by atoms with Gasteiger partial charge in [-0.2, -0.15) is 11.8 Å². The fraction of sp³-hybridized carbons (Fsp3) is 0.588. The first-order valence-corrected chi connectivity index (χ1v) is 9.62. The lowest BCUT2D eigenvalue weighted by Crippen LogP contribution is -2.38. The summed E-state index contributed by atoms with van der Waals surface area (Å²) in [6.45, 7) is 5.00. The molecule has 0 fully saturated rings. The highest BCUT2D eigenvalue weighted by atomic mass is 127. The summed E-state index contributed by atoms with van der Waals surface area (Å²) in [5.74, 6) is 3.79. The molecule has 1 aromatic rings. The standard InChI is InChI=1S/C17H27N3O2S.HI/c1-3-18-17(19-9-4-5-11-23-2)20-10-8-14-6-7-15-16(12-14)22-13-21-15;/h6-7,12H,3-5,8-11,13H2,1-2H3,(H2,18,19,20);1H. The Kier molecular flexibility index (Phi) is 11.1. The van der Waals surface area contributed by atoms with Gasteiger partial charge in [0.2, 0.25) is 6.79 Å². The van der Waals surface area contributed by atoms with Crippen LogP contribution in [-0.4, -0.2) is 44.4 Å². The highest BCUT2D eigenvalue weighted by Gasteiger charge is 2.12. The van der Waals surface area contributed by atoms with Crippen molar-refractivity contribution in [1.29, 1.82) is 0 Å². The van der Waals surface area contributed by atoms with Crippen molar-refractivity contribution in [2.24, 2.45) is 4.99 Å². The highest BCUT2D eigenvalue weighted by Crippen LogP contribution is 2.32. The van der Waals surface area contributed by atoms with Crippen LogP contribution < -0.4 is 20.1 Å². The van der Waals surface area contributed by atoms with E-state index in [1.165, 1.54) is 17.7 Å². The van der Waals surface area contributed by atoms with Crippen molar-refractivity contribution in [3.8, 4) is 11.5 Å². The number of ether oxygens (including phenoxy) is 2.